The Morgan fingerprint density at radius 3 is 2.95 bits per heavy atom. The van der Waals surface area contributed by atoms with Gasteiger partial charge in [0.1, 0.15) is 5.75 Å². The summed E-state index contributed by atoms with van der Waals surface area (Å²) in [6.07, 6.45) is 0.521. The van der Waals surface area contributed by atoms with Crippen LogP contribution >= 0.6 is 22.9 Å². The monoisotopic (exact) mass is 312 g/mol. The molecular formula is C13H13ClN2O3S. The fourth-order valence-corrected chi connectivity index (χ4v) is 2.80. The molecule has 0 atom stereocenters. The highest BCUT2D eigenvalue weighted by molar-refractivity contribution is 7.15. The lowest BCUT2D eigenvalue weighted by Gasteiger charge is -2.05. The van der Waals surface area contributed by atoms with Crippen LogP contribution in [-0.2, 0) is 11.2 Å². The summed E-state index contributed by atoms with van der Waals surface area (Å²) in [7, 11) is 0. The van der Waals surface area contributed by atoms with Gasteiger partial charge >= 0.3 is 5.97 Å². The van der Waals surface area contributed by atoms with E-state index in [9.17, 15) is 9.90 Å². The molecule has 0 aliphatic rings. The third-order valence-corrected chi connectivity index (χ3v) is 4.03. The van der Waals surface area contributed by atoms with Crippen molar-refractivity contribution >= 4 is 39.7 Å². The van der Waals surface area contributed by atoms with Gasteiger partial charge in [0.25, 0.3) is 0 Å². The van der Waals surface area contributed by atoms with Gasteiger partial charge in [-0.3, -0.25) is 4.79 Å². The highest BCUT2D eigenvalue weighted by atomic mass is 35.5. The van der Waals surface area contributed by atoms with Crippen molar-refractivity contribution in [3.63, 3.8) is 0 Å². The standard InChI is InChI=1S/C13H13ClN2O3S/c1-7-11(4-5-12(18)19)20-13(15-7)16-9-6-8(14)2-3-10(9)17/h2-3,6,17H,4-5H2,1H3,(H,15,16)(H,18,19). The van der Waals surface area contributed by atoms with Gasteiger partial charge in [-0.2, -0.15) is 0 Å². The molecule has 0 saturated carbocycles. The van der Waals surface area contributed by atoms with Crippen LogP contribution < -0.4 is 5.32 Å². The van der Waals surface area contributed by atoms with Crippen molar-refractivity contribution in [1.82, 2.24) is 4.98 Å². The first-order valence-electron chi connectivity index (χ1n) is 5.89. The van der Waals surface area contributed by atoms with Crippen molar-refractivity contribution in [2.75, 3.05) is 5.32 Å². The minimum absolute atomic E-state index is 0.0743. The molecule has 0 saturated heterocycles. The zero-order valence-electron chi connectivity index (χ0n) is 10.7. The number of hydrogen-bond donors (Lipinski definition) is 3. The number of phenols is 1. The molecule has 0 unspecified atom stereocenters. The van der Waals surface area contributed by atoms with Gasteiger partial charge < -0.3 is 15.5 Å². The first kappa shape index (κ1) is 14.6. The first-order chi connectivity index (χ1) is 9.45. The molecular weight excluding hydrogens is 300 g/mol. The Balaban J connectivity index is 2.16. The summed E-state index contributed by atoms with van der Waals surface area (Å²) in [5, 5.41) is 22.5. The van der Waals surface area contributed by atoms with Crippen molar-refractivity contribution < 1.29 is 15.0 Å². The van der Waals surface area contributed by atoms with Crippen LogP contribution in [-0.4, -0.2) is 21.2 Å². The lowest BCUT2D eigenvalue weighted by molar-refractivity contribution is -0.136. The van der Waals surface area contributed by atoms with Crippen LogP contribution in [0.25, 0.3) is 0 Å². The lowest BCUT2D eigenvalue weighted by Crippen LogP contribution is -1.96. The molecule has 1 aromatic carbocycles. The molecule has 0 bridgehead atoms. The van der Waals surface area contributed by atoms with E-state index in [1.165, 1.54) is 17.4 Å². The second kappa shape index (κ2) is 6.11. The van der Waals surface area contributed by atoms with Crippen molar-refractivity contribution in [1.29, 1.82) is 0 Å². The number of rotatable bonds is 5. The van der Waals surface area contributed by atoms with Gasteiger partial charge in [0.15, 0.2) is 5.13 Å². The SMILES string of the molecule is Cc1nc(Nc2cc(Cl)ccc2O)sc1CCC(=O)O. The normalized spacial score (nSPS) is 10.5. The number of benzene rings is 1. The number of nitrogens with one attached hydrogen (secondary N) is 1. The zero-order chi connectivity index (χ0) is 14.7. The average Bonchev–Trinajstić information content (AvgIpc) is 2.72. The Bertz CT molecular complexity index is 643. The molecule has 7 heteroatoms. The van der Waals surface area contributed by atoms with Gasteiger partial charge in [-0.15, -0.1) is 11.3 Å². The zero-order valence-corrected chi connectivity index (χ0v) is 12.3. The lowest BCUT2D eigenvalue weighted by atomic mass is 10.2. The maximum atomic E-state index is 10.6. The van der Waals surface area contributed by atoms with Crippen LogP contribution in [0.4, 0.5) is 10.8 Å². The van der Waals surface area contributed by atoms with E-state index in [1.807, 2.05) is 6.92 Å². The number of thiazole rings is 1. The number of anilines is 2. The first-order valence-corrected chi connectivity index (χ1v) is 7.09. The molecule has 2 rings (SSSR count). The van der Waals surface area contributed by atoms with Gasteiger partial charge in [-0.25, -0.2) is 4.98 Å². The van der Waals surface area contributed by atoms with Crippen LogP contribution in [0, 0.1) is 6.92 Å². The summed E-state index contributed by atoms with van der Waals surface area (Å²) in [4.78, 5) is 15.8. The van der Waals surface area contributed by atoms with Gasteiger partial charge in [0, 0.05) is 9.90 Å². The van der Waals surface area contributed by atoms with E-state index in [-0.39, 0.29) is 12.2 Å². The van der Waals surface area contributed by atoms with E-state index in [0.717, 1.165) is 10.6 Å². The minimum Gasteiger partial charge on any atom is -0.506 e. The number of carbonyl (C=O) groups is 1. The number of nitrogens with zero attached hydrogens (tertiary/aromatic N) is 1. The topological polar surface area (TPSA) is 82.5 Å². The molecule has 0 radical (unpaired) electrons. The Labute approximate surface area is 124 Å². The van der Waals surface area contributed by atoms with Gasteiger partial charge in [-0.1, -0.05) is 11.6 Å². The molecule has 0 aliphatic carbocycles. The Morgan fingerprint density at radius 1 is 1.50 bits per heavy atom. The summed E-state index contributed by atoms with van der Waals surface area (Å²) in [5.41, 5.74) is 1.26. The third kappa shape index (κ3) is 3.61. The fourth-order valence-electron chi connectivity index (χ4n) is 1.66. The van der Waals surface area contributed by atoms with Crippen molar-refractivity contribution in [2.45, 2.75) is 19.8 Å². The van der Waals surface area contributed by atoms with Crippen LogP contribution in [0.3, 0.4) is 0 Å². The number of carboxylic acids is 1. The average molecular weight is 313 g/mol. The summed E-state index contributed by atoms with van der Waals surface area (Å²) >= 11 is 7.24. The van der Waals surface area contributed by atoms with E-state index in [1.54, 1.807) is 12.1 Å². The largest absolute Gasteiger partial charge is 0.506 e. The number of aryl methyl sites for hydroxylation is 2. The molecule has 0 aliphatic heterocycles. The number of hydrogen-bond acceptors (Lipinski definition) is 5. The van der Waals surface area contributed by atoms with Gasteiger partial charge in [0.2, 0.25) is 0 Å². The summed E-state index contributed by atoms with van der Waals surface area (Å²) in [6.45, 7) is 1.83. The number of aromatic hydroxyl groups is 1. The van der Waals surface area contributed by atoms with Crippen LogP contribution in [0.15, 0.2) is 18.2 Å². The minimum atomic E-state index is -0.834. The van der Waals surface area contributed by atoms with E-state index in [2.05, 4.69) is 10.3 Å². The molecule has 2 aromatic rings. The molecule has 3 N–H and O–H groups in total. The Kier molecular flexibility index (Phi) is 4.46. The fraction of sp³-hybridized carbons (Fsp3) is 0.231. The summed E-state index contributed by atoms with van der Waals surface area (Å²) in [5.74, 6) is -0.755. The maximum Gasteiger partial charge on any atom is 0.303 e. The van der Waals surface area contributed by atoms with E-state index in [0.29, 0.717) is 22.3 Å². The quantitative estimate of drug-likeness (QED) is 0.735. The van der Waals surface area contributed by atoms with Crippen molar-refractivity contribution in [2.24, 2.45) is 0 Å². The predicted molar refractivity (Wildman–Crippen MR) is 79.2 cm³/mol. The molecule has 0 fully saturated rings. The maximum absolute atomic E-state index is 10.6. The number of aromatic nitrogens is 1. The summed E-state index contributed by atoms with van der Waals surface area (Å²) < 4.78 is 0. The molecule has 5 nitrogen and oxygen atoms in total. The van der Waals surface area contributed by atoms with E-state index >= 15 is 0 Å². The van der Waals surface area contributed by atoms with Crippen molar-refractivity contribution in [3.05, 3.63) is 33.8 Å². The van der Waals surface area contributed by atoms with E-state index < -0.39 is 5.97 Å². The van der Waals surface area contributed by atoms with Gasteiger partial charge in [0.05, 0.1) is 17.8 Å². The number of phenolic OH excluding ortho intramolecular Hbond substituents is 1. The highest BCUT2D eigenvalue weighted by Crippen LogP contribution is 2.32. The van der Waals surface area contributed by atoms with Crippen LogP contribution in [0.5, 0.6) is 5.75 Å². The van der Waals surface area contributed by atoms with Gasteiger partial charge in [-0.05, 0) is 31.5 Å². The molecule has 0 spiro atoms. The highest BCUT2D eigenvalue weighted by Gasteiger charge is 2.11. The number of aliphatic carboxylic acids is 1. The number of halogens is 1. The molecule has 0 amide bonds. The molecule has 1 heterocycles. The Morgan fingerprint density at radius 2 is 2.25 bits per heavy atom. The van der Waals surface area contributed by atoms with E-state index in [4.69, 9.17) is 16.7 Å². The second-order valence-electron chi connectivity index (χ2n) is 4.21. The van der Waals surface area contributed by atoms with Crippen LogP contribution in [0.1, 0.15) is 17.0 Å². The molecule has 20 heavy (non-hydrogen) atoms. The van der Waals surface area contributed by atoms with Crippen LogP contribution in [0.2, 0.25) is 5.02 Å². The number of carboxylic acid groups (broad SMARTS) is 1. The molecule has 106 valence electrons. The third-order valence-electron chi connectivity index (χ3n) is 2.66. The van der Waals surface area contributed by atoms with Crippen molar-refractivity contribution in [3.8, 4) is 5.75 Å². The predicted octanol–water partition coefficient (Wildman–Crippen LogP) is 3.57. The second-order valence-corrected chi connectivity index (χ2v) is 5.73. The smallest absolute Gasteiger partial charge is 0.303 e. The Hall–Kier alpha value is -1.79. The molecule has 1 aromatic heterocycles. The summed E-state index contributed by atoms with van der Waals surface area (Å²) in [6, 6.07) is 4.69.